The molecule has 2 fully saturated rings. The van der Waals surface area contributed by atoms with Crippen molar-refractivity contribution in [3.05, 3.63) is 58.9 Å². The lowest BCUT2D eigenvalue weighted by atomic mass is 10.0. The van der Waals surface area contributed by atoms with Gasteiger partial charge in [0.05, 0.1) is 16.6 Å². The zero-order valence-electron chi connectivity index (χ0n) is 21.5. The van der Waals surface area contributed by atoms with E-state index in [0.29, 0.717) is 35.7 Å². The first-order valence-corrected chi connectivity index (χ1v) is 13.1. The van der Waals surface area contributed by atoms with Crippen LogP contribution in [-0.4, -0.2) is 39.9 Å². The molecule has 0 unspecified atom stereocenters. The molecule has 0 spiro atoms. The predicted molar refractivity (Wildman–Crippen MR) is 141 cm³/mol. The van der Waals surface area contributed by atoms with E-state index in [9.17, 15) is 9.59 Å². The van der Waals surface area contributed by atoms with Crippen molar-refractivity contribution in [2.24, 2.45) is 13.0 Å². The monoisotopic (exact) mass is 488 g/mol. The molecule has 36 heavy (non-hydrogen) atoms. The molecule has 0 radical (unpaired) electrons. The molecular formula is C29H36N4O3. The largest absolute Gasteiger partial charge is 0.370 e. The van der Waals surface area contributed by atoms with Gasteiger partial charge in [-0.05, 0) is 56.2 Å². The van der Waals surface area contributed by atoms with Crippen LogP contribution < -0.4 is 5.32 Å². The highest BCUT2D eigenvalue weighted by Gasteiger charge is 2.27. The first-order chi connectivity index (χ1) is 17.4. The maximum absolute atomic E-state index is 13.8. The highest BCUT2D eigenvalue weighted by molar-refractivity contribution is 6.07. The summed E-state index contributed by atoms with van der Waals surface area (Å²) in [5, 5.41) is 3.06. The Labute approximate surface area is 212 Å². The fourth-order valence-electron chi connectivity index (χ4n) is 5.61. The number of carbonyl (C=O) groups is 2. The number of ether oxygens (including phenoxy) is 1. The van der Waals surface area contributed by atoms with Crippen molar-refractivity contribution in [2.75, 3.05) is 19.0 Å². The Kier molecular flexibility index (Phi) is 7.10. The lowest BCUT2D eigenvalue weighted by Crippen LogP contribution is -2.27. The molecule has 1 aliphatic carbocycles. The summed E-state index contributed by atoms with van der Waals surface area (Å²) < 4.78 is 7.90. The van der Waals surface area contributed by atoms with Gasteiger partial charge in [-0.1, -0.05) is 42.7 Å². The summed E-state index contributed by atoms with van der Waals surface area (Å²) in [6, 6.07) is 11.9. The molecule has 5 rings (SSSR count). The smallest absolute Gasteiger partial charge is 0.256 e. The Morgan fingerprint density at radius 1 is 1.11 bits per heavy atom. The number of benzene rings is 2. The van der Waals surface area contributed by atoms with E-state index >= 15 is 0 Å². The van der Waals surface area contributed by atoms with Crippen LogP contribution in [0.4, 0.5) is 5.69 Å². The molecule has 1 aliphatic heterocycles. The van der Waals surface area contributed by atoms with Crippen LogP contribution >= 0.6 is 0 Å². The summed E-state index contributed by atoms with van der Waals surface area (Å²) in [6.07, 6.45) is 7.01. The number of aryl methyl sites for hydroxylation is 2. The van der Waals surface area contributed by atoms with Crippen molar-refractivity contribution in [3.8, 4) is 0 Å². The highest BCUT2D eigenvalue weighted by atomic mass is 16.5. The molecule has 190 valence electrons. The van der Waals surface area contributed by atoms with E-state index in [-0.39, 0.29) is 17.9 Å². The number of hydrogen-bond donors (Lipinski definition) is 1. The molecule has 2 aliphatic rings. The summed E-state index contributed by atoms with van der Waals surface area (Å²) in [5.74, 6) is 1.18. The molecule has 7 heteroatoms. The normalized spacial score (nSPS) is 18.1. The first-order valence-electron chi connectivity index (χ1n) is 13.1. The standard InChI is InChI=1S/C29H36N4O3/c1-19-10-12-21(13-11-19)18-32(2)29(35)23-16-22(30-26(34)15-20-7-4-5-8-20)17-24-27(23)33(3)28(31-24)25-9-6-14-36-25/h10-13,16-17,20,25H,4-9,14-15,18H2,1-3H3,(H,30,34)/t25-/m0/s1. The van der Waals surface area contributed by atoms with E-state index in [2.05, 4.69) is 24.4 Å². The molecule has 1 saturated heterocycles. The molecule has 3 aromatic rings. The molecule has 1 saturated carbocycles. The van der Waals surface area contributed by atoms with Gasteiger partial charge in [0, 0.05) is 39.4 Å². The minimum absolute atomic E-state index is 0.00272. The number of imidazole rings is 1. The van der Waals surface area contributed by atoms with Crippen molar-refractivity contribution in [2.45, 2.75) is 64.5 Å². The number of anilines is 1. The van der Waals surface area contributed by atoms with Crippen molar-refractivity contribution < 1.29 is 14.3 Å². The Morgan fingerprint density at radius 2 is 1.86 bits per heavy atom. The summed E-state index contributed by atoms with van der Waals surface area (Å²) in [4.78, 5) is 33.2. The Hall–Kier alpha value is -3.19. The number of amides is 2. The molecular weight excluding hydrogens is 452 g/mol. The minimum Gasteiger partial charge on any atom is -0.370 e. The zero-order valence-corrected chi connectivity index (χ0v) is 21.5. The summed E-state index contributed by atoms with van der Waals surface area (Å²) in [6.45, 7) is 3.27. The van der Waals surface area contributed by atoms with Crippen LogP contribution in [0, 0.1) is 12.8 Å². The highest BCUT2D eigenvalue weighted by Crippen LogP contribution is 2.33. The first kappa shape index (κ1) is 24.5. The fourth-order valence-corrected chi connectivity index (χ4v) is 5.61. The lowest BCUT2D eigenvalue weighted by Gasteiger charge is -2.19. The average molecular weight is 489 g/mol. The molecule has 2 aromatic carbocycles. The SMILES string of the molecule is Cc1ccc(CN(C)C(=O)c2cc(NC(=O)CC3CCCC3)cc3nc([C@@H]4CCCO4)n(C)c23)cc1. The molecule has 1 N–H and O–H groups in total. The lowest BCUT2D eigenvalue weighted by molar-refractivity contribution is -0.117. The maximum Gasteiger partial charge on any atom is 0.256 e. The van der Waals surface area contributed by atoms with Crippen LogP contribution in [0.2, 0.25) is 0 Å². The average Bonchev–Trinajstić information content (AvgIpc) is 3.62. The van der Waals surface area contributed by atoms with Gasteiger partial charge in [-0.2, -0.15) is 0 Å². The molecule has 2 heterocycles. The zero-order chi connectivity index (χ0) is 25.2. The van der Waals surface area contributed by atoms with E-state index in [1.807, 2.05) is 42.9 Å². The number of aromatic nitrogens is 2. The van der Waals surface area contributed by atoms with Crippen molar-refractivity contribution in [3.63, 3.8) is 0 Å². The molecule has 7 nitrogen and oxygen atoms in total. The Morgan fingerprint density at radius 3 is 2.56 bits per heavy atom. The number of carbonyl (C=O) groups excluding carboxylic acids is 2. The molecule has 1 aromatic heterocycles. The van der Waals surface area contributed by atoms with Gasteiger partial charge in [0.1, 0.15) is 11.9 Å². The second-order valence-corrected chi connectivity index (χ2v) is 10.5. The molecule has 0 bridgehead atoms. The third kappa shape index (κ3) is 5.16. The topological polar surface area (TPSA) is 76.5 Å². The van der Waals surface area contributed by atoms with E-state index in [1.165, 1.54) is 18.4 Å². The van der Waals surface area contributed by atoms with E-state index in [4.69, 9.17) is 9.72 Å². The number of fused-ring (bicyclic) bond motifs is 1. The van der Waals surface area contributed by atoms with E-state index in [1.54, 1.807) is 4.90 Å². The molecule has 1 atom stereocenters. The molecule has 2 amide bonds. The van der Waals surface area contributed by atoms with Crippen LogP contribution in [0.5, 0.6) is 0 Å². The van der Waals surface area contributed by atoms with Gasteiger partial charge in [-0.15, -0.1) is 0 Å². The van der Waals surface area contributed by atoms with Crippen LogP contribution in [0.15, 0.2) is 36.4 Å². The van der Waals surface area contributed by atoms with Gasteiger partial charge in [0.2, 0.25) is 5.91 Å². The van der Waals surface area contributed by atoms with Gasteiger partial charge in [0.25, 0.3) is 5.91 Å². The maximum atomic E-state index is 13.8. The number of rotatable bonds is 7. The number of hydrogen-bond acceptors (Lipinski definition) is 4. The van der Waals surface area contributed by atoms with Gasteiger partial charge >= 0.3 is 0 Å². The second-order valence-electron chi connectivity index (χ2n) is 10.5. The minimum atomic E-state index is -0.102. The predicted octanol–water partition coefficient (Wildman–Crippen LogP) is 5.52. The third-order valence-corrected chi connectivity index (χ3v) is 7.57. The van der Waals surface area contributed by atoms with Gasteiger partial charge in [-0.3, -0.25) is 9.59 Å². The van der Waals surface area contributed by atoms with Crippen molar-refractivity contribution in [1.82, 2.24) is 14.5 Å². The third-order valence-electron chi connectivity index (χ3n) is 7.57. The summed E-state index contributed by atoms with van der Waals surface area (Å²) in [5.41, 5.74) is 4.89. The van der Waals surface area contributed by atoms with E-state index < -0.39 is 0 Å². The summed E-state index contributed by atoms with van der Waals surface area (Å²) in [7, 11) is 3.76. The van der Waals surface area contributed by atoms with Crippen molar-refractivity contribution in [1.29, 1.82) is 0 Å². The van der Waals surface area contributed by atoms with Crippen LogP contribution in [-0.2, 0) is 23.1 Å². The van der Waals surface area contributed by atoms with Gasteiger partial charge in [-0.25, -0.2) is 4.98 Å². The fraction of sp³-hybridized carbons (Fsp3) is 0.483. The van der Waals surface area contributed by atoms with Crippen molar-refractivity contribution >= 4 is 28.5 Å². The van der Waals surface area contributed by atoms with Gasteiger partial charge in [0.15, 0.2) is 0 Å². The van der Waals surface area contributed by atoms with Crippen LogP contribution in [0.1, 0.15) is 78.4 Å². The number of nitrogens with one attached hydrogen (secondary N) is 1. The van der Waals surface area contributed by atoms with Crippen LogP contribution in [0.25, 0.3) is 11.0 Å². The van der Waals surface area contributed by atoms with Crippen LogP contribution in [0.3, 0.4) is 0 Å². The van der Waals surface area contributed by atoms with Gasteiger partial charge < -0.3 is 19.5 Å². The quantitative estimate of drug-likeness (QED) is 0.475. The van der Waals surface area contributed by atoms with E-state index in [0.717, 1.165) is 49.2 Å². The Balaban J connectivity index is 1.47. The second kappa shape index (κ2) is 10.4. The Bertz CT molecular complexity index is 1250. The number of nitrogens with zero attached hydrogens (tertiary/aromatic N) is 3. The summed E-state index contributed by atoms with van der Waals surface area (Å²) >= 11 is 0.